The first-order valence-electron chi connectivity index (χ1n) is 6.61. The van der Waals surface area contributed by atoms with Gasteiger partial charge in [0.05, 0.1) is 11.6 Å². The number of thiophene rings is 1. The topological polar surface area (TPSA) is 91.2 Å². The van der Waals surface area contributed by atoms with Crippen LogP contribution in [-0.2, 0) is 9.59 Å². The van der Waals surface area contributed by atoms with Crippen LogP contribution in [0.3, 0.4) is 0 Å². The molecule has 1 heterocycles. The minimum atomic E-state index is -0.493. The smallest absolute Gasteiger partial charge is 0.276 e. The van der Waals surface area contributed by atoms with Crippen LogP contribution >= 0.6 is 11.3 Å². The Morgan fingerprint density at radius 1 is 1.22 bits per heavy atom. The van der Waals surface area contributed by atoms with E-state index in [9.17, 15) is 9.59 Å². The van der Waals surface area contributed by atoms with E-state index in [2.05, 4.69) is 10.9 Å². The number of nitrogens with one attached hydrogen (secondary N) is 2. The molecule has 0 aliphatic heterocycles. The van der Waals surface area contributed by atoms with Gasteiger partial charge in [0.15, 0.2) is 6.61 Å². The van der Waals surface area contributed by atoms with Gasteiger partial charge in [-0.25, -0.2) is 0 Å². The van der Waals surface area contributed by atoms with Crippen molar-refractivity contribution in [3.63, 3.8) is 0 Å². The zero-order valence-electron chi connectivity index (χ0n) is 12.0. The molecule has 0 saturated heterocycles. The molecule has 2 amide bonds. The molecule has 0 atom stereocenters. The molecule has 0 aliphatic rings. The van der Waals surface area contributed by atoms with Crippen molar-refractivity contribution in [1.82, 2.24) is 10.9 Å². The molecule has 7 heteroatoms. The lowest BCUT2D eigenvalue weighted by atomic mass is 10.2. The van der Waals surface area contributed by atoms with Crippen LogP contribution in [0.25, 0.3) is 6.08 Å². The molecule has 0 fully saturated rings. The molecule has 0 spiro atoms. The summed E-state index contributed by atoms with van der Waals surface area (Å²) in [6, 6.07) is 12.1. The minimum absolute atomic E-state index is 0.249. The summed E-state index contributed by atoms with van der Waals surface area (Å²) in [7, 11) is 0. The van der Waals surface area contributed by atoms with E-state index in [4.69, 9.17) is 10.00 Å². The molecule has 2 rings (SSSR count). The Bertz CT molecular complexity index is 731. The summed E-state index contributed by atoms with van der Waals surface area (Å²) in [5.41, 5.74) is 5.00. The highest BCUT2D eigenvalue weighted by molar-refractivity contribution is 7.10. The molecule has 0 radical (unpaired) electrons. The summed E-state index contributed by atoms with van der Waals surface area (Å²) in [4.78, 5) is 24.0. The third kappa shape index (κ3) is 5.65. The van der Waals surface area contributed by atoms with Crippen molar-refractivity contribution in [2.24, 2.45) is 0 Å². The first-order valence-corrected chi connectivity index (χ1v) is 7.49. The highest BCUT2D eigenvalue weighted by atomic mass is 32.1. The summed E-state index contributed by atoms with van der Waals surface area (Å²) in [5.74, 6) is -0.472. The van der Waals surface area contributed by atoms with Crippen molar-refractivity contribution in [2.75, 3.05) is 6.61 Å². The second-order valence-electron chi connectivity index (χ2n) is 4.31. The molecule has 6 nitrogen and oxygen atoms in total. The standard InChI is InChI=1S/C16H13N3O3S/c17-10-12-3-5-13(6-4-12)22-11-16(21)19-18-15(20)8-7-14-2-1-9-23-14/h1-9H,11H2,(H,18,20)(H,19,21)/b8-7+. The summed E-state index contributed by atoms with van der Waals surface area (Å²) >= 11 is 1.50. The summed E-state index contributed by atoms with van der Waals surface area (Å²) in [6.45, 7) is -0.249. The van der Waals surface area contributed by atoms with Crippen molar-refractivity contribution in [3.05, 3.63) is 58.3 Å². The van der Waals surface area contributed by atoms with Gasteiger partial charge in [-0.2, -0.15) is 5.26 Å². The van der Waals surface area contributed by atoms with E-state index < -0.39 is 11.8 Å². The number of ether oxygens (including phenoxy) is 1. The van der Waals surface area contributed by atoms with Gasteiger partial charge in [0.1, 0.15) is 5.75 Å². The van der Waals surface area contributed by atoms with Crippen LogP contribution in [0.2, 0.25) is 0 Å². The quantitative estimate of drug-likeness (QED) is 0.648. The van der Waals surface area contributed by atoms with E-state index in [0.29, 0.717) is 11.3 Å². The maximum absolute atomic E-state index is 11.6. The van der Waals surface area contributed by atoms with Crippen molar-refractivity contribution in [3.8, 4) is 11.8 Å². The molecule has 1 aromatic carbocycles. The second-order valence-corrected chi connectivity index (χ2v) is 5.29. The van der Waals surface area contributed by atoms with E-state index in [1.165, 1.54) is 17.4 Å². The van der Waals surface area contributed by atoms with Crippen molar-refractivity contribution < 1.29 is 14.3 Å². The van der Waals surface area contributed by atoms with Crippen molar-refractivity contribution in [1.29, 1.82) is 5.26 Å². The lowest BCUT2D eigenvalue weighted by Gasteiger charge is -2.07. The van der Waals surface area contributed by atoms with Gasteiger partial charge < -0.3 is 4.74 Å². The maximum atomic E-state index is 11.6. The lowest BCUT2D eigenvalue weighted by Crippen LogP contribution is -2.43. The van der Waals surface area contributed by atoms with E-state index in [0.717, 1.165) is 4.88 Å². The molecule has 0 saturated carbocycles. The highest BCUT2D eigenvalue weighted by Crippen LogP contribution is 2.11. The predicted molar refractivity (Wildman–Crippen MR) is 86.3 cm³/mol. The van der Waals surface area contributed by atoms with Crippen LogP contribution in [0.1, 0.15) is 10.4 Å². The Morgan fingerprint density at radius 2 is 2.00 bits per heavy atom. The number of carbonyl (C=O) groups excluding carboxylic acids is 2. The Labute approximate surface area is 137 Å². The summed E-state index contributed by atoms with van der Waals surface area (Å²) in [6.07, 6.45) is 2.98. The second kappa shape index (κ2) is 8.36. The number of hydrazine groups is 1. The molecule has 116 valence electrons. The number of amides is 2. The monoisotopic (exact) mass is 327 g/mol. The van der Waals surface area contributed by atoms with E-state index >= 15 is 0 Å². The molecule has 2 N–H and O–H groups in total. The van der Waals surface area contributed by atoms with Gasteiger partial charge in [0.25, 0.3) is 11.8 Å². The summed E-state index contributed by atoms with van der Waals surface area (Å²) < 4.78 is 5.23. The van der Waals surface area contributed by atoms with Crippen LogP contribution in [-0.4, -0.2) is 18.4 Å². The summed E-state index contributed by atoms with van der Waals surface area (Å²) in [5, 5.41) is 10.6. The van der Waals surface area contributed by atoms with Crippen molar-refractivity contribution in [2.45, 2.75) is 0 Å². The van der Waals surface area contributed by atoms with Crippen LogP contribution < -0.4 is 15.6 Å². The number of carbonyl (C=O) groups is 2. The van der Waals surface area contributed by atoms with Gasteiger partial charge in [-0.1, -0.05) is 6.07 Å². The number of hydrogen-bond donors (Lipinski definition) is 2. The number of nitriles is 1. The average Bonchev–Trinajstić information content (AvgIpc) is 3.10. The largest absolute Gasteiger partial charge is 0.484 e. The molecule has 0 bridgehead atoms. The molecule has 1 aromatic heterocycles. The van der Waals surface area contributed by atoms with Gasteiger partial charge in [-0.15, -0.1) is 11.3 Å². The van der Waals surface area contributed by atoms with E-state index in [1.54, 1.807) is 30.3 Å². The molecular formula is C16H13N3O3S. The SMILES string of the molecule is N#Cc1ccc(OCC(=O)NNC(=O)/C=C/c2cccs2)cc1. The fourth-order valence-electron chi connectivity index (χ4n) is 1.53. The fourth-order valence-corrected chi connectivity index (χ4v) is 2.15. The highest BCUT2D eigenvalue weighted by Gasteiger charge is 2.04. The molecule has 0 aliphatic carbocycles. The van der Waals surface area contributed by atoms with Crippen LogP contribution in [0, 0.1) is 11.3 Å². The normalized spacial score (nSPS) is 10.0. The minimum Gasteiger partial charge on any atom is -0.484 e. The third-order valence-electron chi connectivity index (χ3n) is 2.62. The van der Waals surface area contributed by atoms with Crippen LogP contribution in [0.15, 0.2) is 47.9 Å². The Balaban J connectivity index is 1.70. The molecule has 23 heavy (non-hydrogen) atoms. The average molecular weight is 327 g/mol. The van der Waals surface area contributed by atoms with E-state index in [1.807, 2.05) is 23.6 Å². The first kappa shape index (κ1) is 16.3. The number of rotatable bonds is 5. The van der Waals surface area contributed by atoms with E-state index in [-0.39, 0.29) is 6.61 Å². The predicted octanol–water partition coefficient (Wildman–Crippen LogP) is 1.86. The first-order chi connectivity index (χ1) is 11.2. The Hall–Kier alpha value is -3.11. The zero-order valence-corrected chi connectivity index (χ0v) is 12.8. The van der Waals surface area contributed by atoms with Gasteiger partial charge in [0.2, 0.25) is 0 Å². The van der Waals surface area contributed by atoms with Gasteiger partial charge >= 0.3 is 0 Å². The lowest BCUT2D eigenvalue weighted by molar-refractivity contribution is -0.128. The van der Waals surface area contributed by atoms with Gasteiger partial charge in [-0.05, 0) is 41.8 Å². The number of benzene rings is 1. The molecule has 0 unspecified atom stereocenters. The Morgan fingerprint density at radius 3 is 2.65 bits per heavy atom. The molecule has 2 aromatic rings. The third-order valence-corrected chi connectivity index (χ3v) is 3.46. The number of hydrogen-bond acceptors (Lipinski definition) is 5. The van der Waals surface area contributed by atoms with Gasteiger partial charge in [0, 0.05) is 11.0 Å². The molecular weight excluding hydrogens is 314 g/mol. The fraction of sp³-hybridized carbons (Fsp3) is 0.0625. The zero-order chi connectivity index (χ0) is 16.5. The van der Waals surface area contributed by atoms with Gasteiger partial charge in [-0.3, -0.25) is 20.4 Å². The maximum Gasteiger partial charge on any atom is 0.276 e. The Kier molecular flexibility index (Phi) is 5.91. The number of nitrogens with zero attached hydrogens (tertiary/aromatic N) is 1. The van der Waals surface area contributed by atoms with Crippen LogP contribution in [0.4, 0.5) is 0 Å². The van der Waals surface area contributed by atoms with Crippen molar-refractivity contribution >= 4 is 29.2 Å². The van der Waals surface area contributed by atoms with Crippen LogP contribution in [0.5, 0.6) is 5.75 Å².